The number of nitrogens with zero attached hydrogens (tertiary/aromatic N) is 4. The second-order valence-electron chi connectivity index (χ2n) is 13.2. The van der Waals surface area contributed by atoms with Gasteiger partial charge < -0.3 is 28.8 Å². The normalized spacial score (nSPS) is 16.8. The molecule has 1 N–H and O–H groups in total. The highest BCUT2D eigenvalue weighted by atomic mass is 32.2. The van der Waals surface area contributed by atoms with E-state index >= 15 is 0 Å². The molecule has 2 unspecified atom stereocenters. The number of hydrogen-bond acceptors (Lipinski definition) is 7. The van der Waals surface area contributed by atoms with Gasteiger partial charge in [-0.1, -0.05) is 46.2 Å². The molecule has 3 heterocycles. The summed E-state index contributed by atoms with van der Waals surface area (Å²) in [4.78, 5) is 25.6. The highest BCUT2D eigenvalue weighted by Crippen LogP contribution is 2.33. The first kappa shape index (κ1) is 37.1. The number of anilines is 2. The third-order valence-electron chi connectivity index (χ3n) is 9.16. The monoisotopic (exact) mass is 697 g/mol. The number of nitrogens with one attached hydrogen (secondary N) is 1. The average Bonchev–Trinajstić information content (AvgIpc) is 3.70. The number of aryl methyl sites for hydroxylation is 1. The molecule has 1 saturated heterocycles. The molecule has 50 heavy (non-hydrogen) atoms. The fourth-order valence-electron chi connectivity index (χ4n) is 5.96. The van der Waals surface area contributed by atoms with Gasteiger partial charge in [0, 0.05) is 54.8 Å². The molecule has 4 aromatic rings. The van der Waals surface area contributed by atoms with Gasteiger partial charge in [0.05, 0.1) is 24.8 Å². The number of rotatable bonds is 17. The SMILES string of the molecule is CCCCOCCOc1ccc(-c2cnc(N3CC(C)C(C)C3)c(C=C(C)C(=O)Nc3ccc([S@@+]([O-])Cc4cncn4CCC)cc3)c2)cc1. The van der Waals surface area contributed by atoms with Crippen LogP contribution in [0.25, 0.3) is 17.2 Å². The first-order chi connectivity index (χ1) is 24.2. The summed E-state index contributed by atoms with van der Waals surface area (Å²) in [7, 11) is 0. The van der Waals surface area contributed by atoms with Gasteiger partial charge in [0.2, 0.25) is 0 Å². The highest BCUT2D eigenvalue weighted by molar-refractivity contribution is 7.90. The van der Waals surface area contributed by atoms with Crippen LogP contribution in [0.4, 0.5) is 11.5 Å². The smallest absolute Gasteiger partial charge is 0.251 e. The van der Waals surface area contributed by atoms with Crippen LogP contribution >= 0.6 is 0 Å². The number of ether oxygens (including phenoxy) is 2. The Balaban J connectivity index is 1.28. The van der Waals surface area contributed by atoms with E-state index < -0.39 is 11.2 Å². The second-order valence-corrected chi connectivity index (χ2v) is 14.7. The number of aromatic nitrogens is 3. The van der Waals surface area contributed by atoms with Crippen LogP contribution in [0.2, 0.25) is 0 Å². The van der Waals surface area contributed by atoms with E-state index in [0.717, 1.165) is 79.5 Å². The van der Waals surface area contributed by atoms with E-state index in [2.05, 4.69) is 49.0 Å². The molecule has 1 aliphatic heterocycles. The molecule has 5 rings (SSSR count). The number of imidazole rings is 1. The molecule has 266 valence electrons. The first-order valence-electron chi connectivity index (χ1n) is 17.8. The minimum atomic E-state index is -1.22. The summed E-state index contributed by atoms with van der Waals surface area (Å²) in [6, 6.07) is 17.3. The van der Waals surface area contributed by atoms with Crippen molar-refractivity contribution in [2.45, 2.75) is 71.1 Å². The van der Waals surface area contributed by atoms with E-state index in [0.29, 0.717) is 47.0 Å². The molecular weight excluding hydrogens is 647 g/mol. The van der Waals surface area contributed by atoms with Gasteiger partial charge in [-0.3, -0.25) is 4.79 Å². The summed E-state index contributed by atoms with van der Waals surface area (Å²) in [5.41, 5.74) is 5.03. The summed E-state index contributed by atoms with van der Waals surface area (Å²) in [5, 5.41) is 3.01. The Hall–Kier alpha value is -4.12. The summed E-state index contributed by atoms with van der Waals surface area (Å²) in [5.74, 6) is 2.97. The first-order valence-corrected chi connectivity index (χ1v) is 19.1. The molecule has 1 amide bonds. The van der Waals surface area contributed by atoms with Crippen molar-refractivity contribution >= 4 is 34.7 Å². The van der Waals surface area contributed by atoms with E-state index in [9.17, 15) is 9.35 Å². The summed E-state index contributed by atoms with van der Waals surface area (Å²) in [6.45, 7) is 15.2. The van der Waals surface area contributed by atoms with Gasteiger partial charge in [0.25, 0.3) is 5.91 Å². The van der Waals surface area contributed by atoms with Crippen molar-refractivity contribution in [3.05, 3.63) is 90.1 Å². The van der Waals surface area contributed by atoms with Crippen LogP contribution in [0.1, 0.15) is 65.1 Å². The predicted molar refractivity (Wildman–Crippen MR) is 203 cm³/mol. The maximum Gasteiger partial charge on any atom is 0.251 e. The molecule has 0 spiro atoms. The van der Waals surface area contributed by atoms with Crippen LogP contribution in [-0.2, 0) is 33.0 Å². The molecular formula is C40H51N5O4S. The number of benzene rings is 2. The summed E-state index contributed by atoms with van der Waals surface area (Å²) < 4.78 is 26.6. The number of carbonyl (C=O) groups is 1. The Morgan fingerprint density at radius 2 is 1.72 bits per heavy atom. The molecule has 2 aromatic carbocycles. The predicted octanol–water partition coefficient (Wildman–Crippen LogP) is 7.99. The Morgan fingerprint density at radius 1 is 0.980 bits per heavy atom. The van der Waals surface area contributed by atoms with Crippen molar-refractivity contribution in [2.24, 2.45) is 11.8 Å². The fraction of sp³-hybridized carbons (Fsp3) is 0.425. The van der Waals surface area contributed by atoms with E-state index in [-0.39, 0.29) is 5.91 Å². The lowest BCUT2D eigenvalue weighted by atomic mass is 10.0. The van der Waals surface area contributed by atoms with Crippen LogP contribution in [0.5, 0.6) is 5.75 Å². The maximum absolute atomic E-state index is 13.4. The molecule has 0 aliphatic carbocycles. The standard InChI is InChI=1S/C40H51N5O4S/c1-6-8-18-48-19-20-49-37-13-9-32(10-14-37)34-22-33(39(42-23-34)45-25-30(4)31(5)26-45)21-29(3)40(46)43-35-11-15-38(16-12-35)50(47)27-36-24-41-28-44(36)17-7-2/h9-16,21-24,28,30-31H,6-8,17-20,25-27H2,1-5H3,(H,43,46)/t30?,31?,50-/m0/s1. The largest absolute Gasteiger partial charge is 0.611 e. The van der Waals surface area contributed by atoms with Gasteiger partial charge in [-0.15, -0.1) is 0 Å². The zero-order valence-electron chi connectivity index (χ0n) is 30.1. The molecule has 10 heteroatoms. The van der Waals surface area contributed by atoms with Crippen molar-refractivity contribution in [2.75, 3.05) is 43.1 Å². The van der Waals surface area contributed by atoms with E-state index in [1.807, 2.05) is 60.2 Å². The molecule has 0 bridgehead atoms. The number of unbranched alkanes of at least 4 members (excludes halogenated alkanes) is 1. The minimum Gasteiger partial charge on any atom is -0.611 e. The van der Waals surface area contributed by atoms with Crippen LogP contribution < -0.4 is 15.0 Å². The molecule has 1 aliphatic rings. The maximum atomic E-state index is 13.4. The number of pyridine rings is 1. The number of hydrogen-bond donors (Lipinski definition) is 1. The van der Waals surface area contributed by atoms with Crippen LogP contribution in [-0.4, -0.2) is 57.9 Å². The lowest BCUT2D eigenvalue weighted by Gasteiger charge is -2.21. The van der Waals surface area contributed by atoms with Crippen LogP contribution in [0.3, 0.4) is 0 Å². The Bertz CT molecular complexity index is 1700. The van der Waals surface area contributed by atoms with Crippen molar-refractivity contribution in [1.82, 2.24) is 14.5 Å². The lowest BCUT2D eigenvalue weighted by molar-refractivity contribution is -0.112. The third-order valence-corrected chi connectivity index (χ3v) is 10.5. The van der Waals surface area contributed by atoms with E-state index in [1.54, 1.807) is 24.7 Å². The van der Waals surface area contributed by atoms with Crippen LogP contribution in [0.15, 0.2) is 83.8 Å². The van der Waals surface area contributed by atoms with Crippen molar-refractivity contribution < 1.29 is 18.8 Å². The second kappa shape index (κ2) is 18.2. The Kier molecular flexibility index (Phi) is 13.5. The van der Waals surface area contributed by atoms with Crippen molar-refractivity contribution in [3.63, 3.8) is 0 Å². The molecule has 1 fully saturated rings. The van der Waals surface area contributed by atoms with Crippen LogP contribution in [0, 0.1) is 11.8 Å². The van der Waals surface area contributed by atoms with Gasteiger partial charge in [0.1, 0.15) is 18.2 Å². The fourth-order valence-corrected chi connectivity index (χ4v) is 7.08. The summed E-state index contributed by atoms with van der Waals surface area (Å²) >= 11 is -1.22. The minimum absolute atomic E-state index is 0.206. The van der Waals surface area contributed by atoms with Gasteiger partial charge in [0.15, 0.2) is 10.6 Å². The Labute approximate surface area is 300 Å². The van der Waals surface area contributed by atoms with Gasteiger partial charge in [-0.2, -0.15) is 0 Å². The quantitative estimate of drug-likeness (QED) is 0.0678. The molecule has 9 nitrogen and oxygen atoms in total. The van der Waals surface area contributed by atoms with Crippen molar-refractivity contribution in [1.29, 1.82) is 0 Å². The topological polar surface area (TPSA) is 105 Å². The lowest BCUT2D eigenvalue weighted by Crippen LogP contribution is -2.22. The highest BCUT2D eigenvalue weighted by Gasteiger charge is 2.28. The third kappa shape index (κ3) is 9.99. The van der Waals surface area contributed by atoms with Gasteiger partial charge in [-0.05, 0) is 96.9 Å². The number of carbonyl (C=O) groups excluding carboxylic acids is 1. The molecule has 2 aromatic heterocycles. The van der Waals surface area contributed by atoms with Crippen molar-refractivity contribution in [3.8, 4) is 16.9 Å². The average molecular weight is 698 g/mol. The van der Waals surface area contributed by atoms with E-state index in [4.69, 9.17) is 14.5 Å². The van der Waals surface area contributed by atoms with Gasteiger partial charge >= 0.3 is 0 Å². The zero-order chi connectivity index (χ0) is 35.5. The number of amides is 1. The van der Waals surface area contributed by atoms with Gasteiger partial charge in [-0.25, -0.2) is 9.97 Å². The summed E-state index contributed by atoms with van der Waals surface area (Å²) in [6.07, 6.45) is 10.6. The molecule has 0 radical (unpaired) electrons. The molecule has 3 atom stereocenters. The van der Waals surface area contributed by atoms with E-state index in [1.165, 1.54) is 0 Å². The Morgan fingerprint density at radius 3 is 2.42 bits per heavy atom. The molecule has 0 saturated carbocycles. The zero-order valence-corrected chi connectivity index (χ0v) is 30.9.